The van der Waals surface area contributed by atoms with E-state index in [0.29, 0.717) is 5.56 Å². The van der Waals surface area contributed by atoms with Gasteiger partial charge in [-0.1, -0.05) is 17.7 Å². The summed E-state index contributed by atoms with van der Waals surface area (Å²) in [6.45, 7) is 1.69. The Morgan fingerprint density at radius 3 is 2.54 bits per heavy atom. The third kappa shape index (κ3) is 2.34. The third-order valence-corrected chi connectivity index (χ3v) is 2.13. The second kappa shape index (κ2) is 3.96. The molecule has 0 saturated heterocycles. The van der Waals surface area contributed by atoms with Crippen LogP contribution in [-0.4, -0.2) is 16.3 Å². The average molecular weight is 202 g/mol. The number of halogens is 1. The Balaban J connectivity index is 2.97. The monoisotopic (exact) mass is 201 g/mol. The first kappa shape index (κ1) is 10.3. The average Bonchev–Trinajstić information content (AvgIpc) is 2.08. The van der Waals surface area contributed by atoms with Crippen LogP contribution in [0.15, 0.2) is 18.2 Å². The molecule has 0 aromatic heterocycles. The molecule has 2 atom stereocenters. The van der Waals surface area contributed by atoms with Crippen LogP contribution in [0.5, 0.6) is 5.75 Å². The number of aliphatic hydroxyl groups excluding tert-OH is 1. The van der Waals surface area contributed by atoms with Gasteiger partial charge in [-0.15, -0.1) is 0 Å². The summed E-state index contributed by atoms with van der Waals surface area (Å²) in [5, 5.41) is 19.0. The summed E-state index contributed by atoms with van der Waals surface area (Å²) in [4.78, 5) is 0. The van der Waals surface area contributed by atoms with Crippen molar-refractivity contribution >= 4 is 11.6 Å². The maximum Gasteiger partial charge on any atom is 0.134 e. The molecule has 0 aliphatic heterocycles. The zero-order chi connectivity index (χ0) is 10.0. The van der Waals surface area contributed by atoms with Gasteiger partial charge in [0.25, 0.3) is 0 Å². The molecule has 13 heavy (non-hydrogen) atoms. The van der Waals surface area contributed by atoms with Gasteiger partial charge in [-0.05, 0) is 24.6 Å². The molecule has 0 heterocycles. The van der Waals surface area contributed by atoms with Crippen molar-refractivity contribution in [2.45, 2.75) is 19.1 Å². The summed E-state index contributed by atoms with van der Waals surface area (Å²) in [7, 11) is 0. The number of nitrogens with two attached hydrogens (primary N) is 1. The van der Waals surface area contributed by atoms with Crippen molar-refractivity contribution in [3.8, 4) is 5.75 Å². The van der Waals surface area contributed by atoms with Gasteiger partial charge >= 0.3 is 0 Å². The van der Waals surface area contributed by atoms with Gasteiger partial charge in [-0.3, -0.25) is 0 Å². The molecule has 0 amide bonds. The Bertz CT molecular complexity index is 302. The van der Waals surface area contributed by atoms with Crippen molar-refractivity contribution < 1.29 is 10.2 Å². The highest BCUT2D eigenvalue weighted by atomic mass is 35.5. The Hall–Kier alpha value is -0.770. The largest absolute Gasteiger partial charge is 0.506 e. The summed E-state index contributed by atoms with van der Waals surface area (Å²) in [5.74, 6) is -0.0427. The van der Waals surface area contributed by atoms with Crippen LogP contribution in [0, 0.1) is 0 Å². The van der Waals surface area contributed by atoms with E-state index in [9.17, 15) is 10.2 Å². The van der Waals surface area contributed by atoms with E-state index in [1.807, 2.05) is 0 Å². The molecule has 1 rings (SSSR count). The van der Waals surface area contributed by atoms with Crippen LogP contribution in [0.25, 0.3) is 0 Å². The molecular formula is C9H12ClNO2. The normalized spacial score (nSPS) is 15.4. The van der Waals surface area contributed by atoms with Crippen LogP contribution < -0.4 is 5.73 Å². The second-order valence-corrected chi connectivity index (χ2v) is 3.42. The molecule has 0 spiro atoms. The molecule has 3 nitrogen and oxygen atoms in total. The molecule has 4 N–H and O–H groups in total. The number of aromatic hydroxyl groups is 1. The number of phenolic OH excluding ortho intramolecular Hbond substituents is 1. The van der Waals surface area contributed by atoms with E-state index in [4.69, 9.17) is 17.3 Å². The highest BCUT2D eigenvalue weighted by Gasteiger charge is 2.13. The Morgan fingerprint density at radius 1 is 1.46 bits per heavy atom. The quantitative estimate of drug-likeness (QED) is 0.678. The van der Waals surface area contributed by atoms with Gasteiger partial charge in [0, 0.05) is 6.04 Å². The molecule has 1 aromatic rings. The van der Waals surface area contributed by atoms with Crippen molar-refractivity contribution in [2.75, 3.05) is 0 Å². The Kier molecular flexibility index (Phi) is 3.14. The van der Waals surface area contributed by atoms with Crippen molar-refractivity contribution in [2.24, 2.45) is 5.73 Å². The summed E-state index contributed by atoms with van der Waals surface area (Å²) in [5.41, 5.74) is 6.06. The molecule has 0 radical (unpaired) electrons. The molecule has 1 aromatic carbocycles. The number of hydrogen-bond acceptors (Lipinski definition) is 3. The topological polar surface area (TPSA) is 66.5 Å². The minimum absolute atomic E-state index is 0.0427. The SMILES string of the molecule is C[C@H](N)[C@@H](O)c1ccc(Cl)c(O)c1. The first-order valence-corrected chi connectivity index (χ1v) is 4.32. The first-order chi connectivity index (χ1) is 6.02. The first-order valence-electron chi connectivity index (χ1n) is 3.94. The van der Waals surface area contributed by atoms with Gasteiger partial charge in [0.2, 0.25) is 0 Å². The summed E-state index contributed by atoms with van der Waals surface area (Å²) in [6.07, 6.45) is -0.775. The van der Waals surface area contributed by atoms with E-state index in [0.717, 1.165) is 0 Å². The lowest BCUT2D eigenvalue weighted by atomic mass is 10.0. The number of phenols is 1. The van der Waals surface area contributed by atoms with Gasteiger partial charge in [0.05, 0.1) is 11.1 Å². The summed E-state index contributed by atoms with van der Waals surface area (Å²) in [6, 6.07) is 4.20. The van der Waals surface area contributed by atoms with Crippen LogP contribution in [0.4, 0.5) is 0 Å². The number of aliphatic hydroxyl groups is 1. The smallest absolute Gasteiger partial charge is 0.134 e. The molecule has 0 aliphatic carbocycles. The van der Waals surface area contributed by atoms with E-state index < -0.39 is 6.10 Å². The number of rotatable bonds is 2. The fourth-order valence-electron chi connectivity index (χ4n) is 1.02. The lowest BCUT2D eigenvalue weighted by Gasteiger charge is -2.14. The van der Waals surface area contributed by atoms with Crippen molar-refractivity contribution in [1.29, 1.82) is 0 Å². The Labute approximate surface area is 81.8 Å². The van der Waals surface area contributed by atoms with Gasteiger partial charge in [-0.2, -0.15) is 0 Å². The minimum Gasteiger partial charge on any atom is -0.506 e. The second-order valence-electron chi connectivity index (χ2n) is 3.01. The molecule has 4 heteroatoms. The zero-order valence-electron chi connectivity index (χ0n) is 7.24. The van der Waals surface area contributed by atoms with Crippen molar-refractivity contribution in [3.63, 3.8) is 0 Å². The van der Waals surface area contributed by atoms with E-state index in [1.165, 1.54) is 12.1 Å². The minimum atomic E-state index is -0.775. The standard InChI is InChI=1S/C9H12ClNO2/c1-5(11)9(13)6-2-3-7(10)8(12)4-6/h2-5,9,12-13H,11H2,1H3/t5-,9+/m0/s1. The molecule has 0 fully saturated rings. The van der Waals surface area contributed by atoms with Gasteiger partial charge < -0.3 is 15.9 Å². The number of hydrogen-bond donors (Lipinski definition) is 3. The summed E-state index contributed by atoms with van der Waals surface area (Å²) >= 11 is 5.60. The molecular weight excluding hydrogens is 190 g/mol. The van der Waals surface area contributed by atoms with Crippen LogP contribution in [0.2, 0.25) is 5.02 Å². The maximum absolute atomic E-state index is 9.53. The van der Waals surface area contributed by atoms with Crippen LogP contribution in [0.3, 0.4) is 0 Å². The van der Waals surface area contributed by atoms with Crippen molar-refractivity contribution in [3.05, 3.63) is 28.8 Å². The maximum atomic E-state index is 9.53. The van der Waals surface area contributed by atoms with E-state index in [2.05, 4.69) is 0 Å². The van der Waals surface area contributed by atoms with Crippen LogP contribution in [0.1, 0.15) is 18.6 Å². The highest BCUT2D eigenvalue weighted by Crippen LogP contribution is 2.27. The zero-order valence-corrected chi connectivity index (χ0v) is 7.99. The van der Waals surface area contributed by atoms with Crippen molar-refractivity contribution in [1.82, 2.24) is 0 Å². The fourth-order valence-corrected chi connectivity index (χ4v) is 1.13. The lowest BCUT2D eigenvalue weighted by molar-refractivity contribution is 0.153. The summed E-state index contributed by atoms with van der Waals surface area (Å²) < 4.78 is 0. The van der Waals surface area contributed by atoms with Gasteiger partial charge in [0.15, 0.2) is 0 Å². The molecule has 0 bridgehead atoms. The molecule has 0 saturated carbocycles. The number of benzene rings is 1. The Morgan fingerprint density at radius 2 is 2.08 bits per heavy atom. The molecule has 72 valence electrons. The highest BCUT2D eigenvalue weighted by molar-refractivity contribution is 6.32. The lowest BCUT2D eigenvalue weighted by Crippen LogP contribution is -2.24. The van der Waals surface area contributed by atoms with Gasteiger partial charge in [-0.25, -0.2) is 0 Å². The van der Waals surface area contributed by atoms with E-state index in [-0.39, 0.29) is 16.8 Å². The van der Waals surface area contributed by atoms with Crippen LogP contribution in [-0.2, 0) is 0 Å². The predicted octanol–water partition coefficient (Wildman–Crippen LogP) is 1.43. The predicted molar refractivity (Wildman–Crippen MR) is 51.7 cm³/mol. The van der Waals surface area contributed by atoms with Crippen LogP contribution >= 0.6 is 11.6 Å². The fraction of sp³-hybridized carbons (Fsp3) is 0.333. The molecule has 0 unspecified atom stereocenters. The van der Waals surface area contributed by atoms with E-state index in [1.54, 1.807) is 13.0 Å². The van der Waals surface area contributed by atoms with Gasteiger partial charge in [0.1, 0.15) is 5.75 Å². The third-order valence-electron chi connectivity index (χ3n) is 1.81. The van der Waals surface area contributed by atoms with E-state index >= 15 is 0 Å². The molecule has 0 aliphatic rings.